The fraction of sp³-hybridized carbons (Fsp3) is 0.765. The van der Waals surface area contributed by atoms with Crippen molar-refractivity contribution in [3.8, 4) is 0 Å². The van der Waals surface area contributed by atoms with E-state index in [1.54, 1.807) is 27.7 Å². The molecule has 31 heavy (non-hydrogen) atoms. The van der Waals surface area contributed by atoms with Gasteiger partial charge < -0.3 is 24.0 Å². The molecule has 1 aliphatic rings. The molecule has 1 aromatic heterocycles. The van der Waals surface area contributed by atoms with Gasteiger partial charge in [0.05, 0.1) is 24.1 Å². The fourth-order valence-electron chi connectivity index (χ4n) is 3.15. The Morgan fingerprint density at radius 1 is 1.16 bits per heavy atom. The van der Waals surface area contributed by atoms with E-state index in [9.17, 15) is 32.8 Å². The molecular formula is C17H29N2O10PS. The molecule has 0 radical (unpaired) electrons. The van der Waals surface area contributed by atoms with Gasteiger partial charge in [0.2, 0.25) is 0 Å². The third-order valence-corrected chi connectivity index (χ3v) is 9.46. The van der Waals surface area contributed by atoms with Crippen molar-refractivity contribution in [3.05, 3.63) is 33.1 Å². The van der Waals surface area contributed by atoms with Crippen LogP contribution in [0.1, 0.15) is 40.3 Å². The van der Waals surface area contributed by atoms with Crippen LogP contribution in [0.15, 0.2) is 21.9 Å². The summed E-state index contributed by atoms with van der Waals surface area (Å²) < 4.78 is 54.9. The monoisotopic (exact) mass is 484 g/mol. The first kappa shape index (κ1) is 25.9. The highest BCUT2D eigenvalue weighted by Crippen LogP contribution is 2.51. The smallest absolute Gasteiger partial charge is 0.346 e. The average Bonchev–Trinajstić information content (AvgIpc) is 2.86. The van der Waals surface area contributed by atoms with Gasteiger partial charge in [0.15, 0.2) is 21.6 Å². The lowest BCUT2D eigenvalue weighted by Crippen LogP contribution is -2.37. The Labute approximate surface area is 179 Å². The normalized spacial score (nSPS) is 24.9. The molecule has 3 N–H and O–H groups in total. The van der Waals surface area contributed by atoms with E-state index in [-0.39, 0.29) is 6.42 Å². The lowest BCUT2D eigenvalue weighted by atomic mass is 10.1. The number of aliphatic hydroxyl groups is 2. The Balaban J connectivity index is 2.09. The first-order valence-electron chi connectivity index (χ1n) is 9.72. The number of hydrogen-bond donors (Lipinski definition) is 3. The van der Waals surface area contributed by atoms with Crippen molar-refractivity contribution in [1.29, 1.82) is 0 Å². The largest absolute Gasteiger partial charge is 0.388 e. The number of nitrogens with zero attached hydrogens (tertiary/aromatic N) is 1. The summed E-state index contributed by atoms with van der Waals surface area (Å²) in [7, 11) is -7.89. The Morgan fingerprint density at radius 3 is 2.26 bits per heavy atom. The number of sulfone groups is 1. The lowest BCUT2D eigenvalue weighted by molar-refractivity contribution is -0.0402. The number of aromatic nitrogens is 2. The number of hydrogen-bond acceptors (Lipinski definition) is 10. The molecule has 0 aliphatic carbocycles. The molecule has 2 rings (SSSR count). The zero-order valence-corrected chi connectivity index (χ0v) is 19.4. The third-order valence-electron chi connectivity index (χ3n) is 4.27. The lowest BCUT2D eigenvalue weighted by Gasteiger charge is -2.23. The van der Waals surface area contributed by atoms with Gasteiger partial charge in [-0.05, 0) is 34.1 Å². The fourth-order valence-corrected chi connectivity index (χ4v) is 8.01. The highest BCUT2D eigenvalue weighted by atomic mass is 32.2. The van der Waals surface area contributed by atoms with Gasteiger partial charge in [0.25, 0.3) is 5.56 Å². The molecule has 0 bridgehead atoms. The van der Waals surface area contributed by atoms with Crippen LogP contribution in [0.25, 0.3) is 0 Å². The summed E-state index contributed by atoms with van der Waals surface area (Å²) >= 11 is 0. The number of rotatable bonds is 10. The van der Waals surface area contributed by atoms with Gasteiger partial charge in [-0.15, -0.1) is 0 Å². The first-order valence-corrected chi connectivity index (χ1v) is 13.3. The Hall–Kier alpha value is -1.34. The number of ether oxygens (including phenoxy) is 1. The van der Waals surface area contributed by atoms with E-state index in [1.165, 1.54) is 0 Å². The predicted molar refractivity (Wildman–Crippen MR) is 111 cm³/mol. The molecule has 0 aromatic carbocycles. The van der Waals surface area contributed by atoms with E-state index >= 15 is 0 Å². The Morgan fingerprint density at radius 2 is 1.74 bits per heavy atom. The van der Waals surface area contributed by atoms with Crippen LogP contribution >= 0.6 is 7.60 Å². The zero-order chi connectivity index (χ0) is 23.6. The minimum Gasteiger partial charge on any atom is -0.388 e. The molecule has 0 amide bonds. The summed E-state index contributed by atoms with van der Waals surface area (Å²) in [5, 5.41) is 20.5. The molecule has 0 saturated carbocycles. The molecule has 1 aliphatic heterocycles. The number of nitrogens with one attached hydrogen (secondary N) is 1. The van der Waals surface area contributed by atoms with E-state index in [0.717, 1.165) is 16.8 Å². The summed E-state index contributed by atoms with van der Waals surface area (Å²) in [6.07, 6.45) is -5.63. The van der Waals surface area contributed by atoms with Crippen LogP contribution in [0.4, 0.5) is 0 Å². The van der Waals surface area contributed by atoms with Gasteiger partial charge in [-0.2, -0.15) is 0 Å². The molecule has 2 heterocycles. The van der Waals surface area contributed by atoms with Crippen molar-refractivity contribution in [2.75, 3.05) is 11.2 Å². The van der Waals surface area contributed by atoms with Crippen molar-refractivity contribution in [2.45, 2.75) is 70.9 Å². The molecule has 14 heteroatoms. The van der Waals surface area contributed by atoms with Gasteiger partial charge in [0, 0.05) is 12.3 Å². The van der Waals surface area contributed by atoms with Crippen molar-refractivity contribution in [3.63, 3.8) is 0 Å². The second kappa shape index (κ2) is 10.1. The van der Waals surface area contributed by atoms with Crippen LogP contribution in [0, 0.1) is 0 Å². The minimum absolute atomic E-state index is 0.238. The predicted octanol–water partition coefficient (Wildman–Crippen LogP) is -0.0387. The standard InChI is InChI=1S/C17H29N2O10PS/c1-10(2)28-30(24,29-11(3)4)9-31(25,26)8-6-12-14(21)15(22)16(27-12)19-7-5-13(20)18-17(19)23/h5,7,10-12,14-16,21-22H,6,8-9H2,1-4H3,(H,18,20,23)/t12-,14-,15-,16-/m1/s1. The van der Waals surface area contributed by atoms with Gasteiger partial charge in [-0.3, -0.25) is 18.9 Å². The number of aromatic amines is 1. The Bertz CT molecular complexity index is 1000. The highest BCUT2D eigenvalue weighted by Gasteiger charge is 2.44. The van der Waals surface area contributed by atoms with Crippen LogP contribution < -0.4 is 11.2 Å². The van der Waals surface area contributed by atoms with Crippen LogP contribution in [0.5, 0.6) is 0 Å². The van der Waals surface area contributed by atoms with Crippen LogP contribution in [0.2, 0.25) is 0 Å². The van der Waals surface area contributed by atoms with Crippen molar-refractivity contribution < 1.29 is 37.0 Å². The van der Waals surface area contributed by atoms with E-state index in [1.807, 2.05) is 4.98 Å². The summed E-state index contributed by atoms with van der Waals surface area (Å²) in [6, 6.07) is 1.04. The summed E-state index contributed by atoms with van der Waals surface area (Å²) in [6.45, 7) is 6.41. The molecular weight excluding hydrogens is 455 g/mol. The van der Waals surface area contributed by atoms with Crippen LogP contribution in [-0.4, -0.2) is 69.9 Å². The molecule has 1 saturated heterocycles. The summed E-state index contributed by atoms with van der Waals surface area (Å²) in [5.41, 5.74) is -2.34. The number of aliphatic hydroxyl groups excluding tert-OH is 2. The van der Waals surface area contributed by atoms with E-state index in [0.29, 0.717) is 0 Å². The third kappa shape index (κ3) is 7.07. The first-order chi connectivity index (χ1) is 14.2. The summed E-state index contributed by atoms with van der Waals surface area (Å²) in [5.74, 6) is -0.526. The molecule has 178 valence electrons. The second-order valence-electron chi connectivity index (χ2n) is 7.85. The molecule has 0 unspecified atom stereocenters. The highest BCUT2D eigenvalue weighted by molar-refractivity contribution is 7.97. The Kier molecular flexibility index (Phi) is 8.42. The van der Waals surface area contributed by atoms with Crippen molar-refractivity contribution in [1.82, 2.24) is 9.55 Å². The number of H-pyrrole nitrogens is 1. The molecule has 12 nitrogen and oxygen atoms in total. The average molecular weight is 484 g/mol. The maximum Gasteiger partial charge on any atom is 0.346 e. The maximum atomic E-state index is 12.9. The van der Waals surface area contributed by atoms with Gasteiger partial charge in [0.1, 0.15) is 12.2 Å². The van der Waals surface area contributed by atoms with Crippen molar-refractivity contribution >= 4 is 17.4 Å². The SMILES string of the molecule is CC(C)OP(=O)(CS(=O)(=O)CC[C@H]1O[C@@H](n2ccc(=O)[nH]c2=O)[C@H](O)[C@@H]1O)OC(C)C. The van der Waals surface area contributed by atoms with Gasteiger partial charge in [-0.1, -0.05) is 0 Å². The van der Waals surface area contributed by atoms with E-state index < -0.39 is 76.7 Å². The molecule has 4 atom stereocenters. The van der Waals surface area contributed by atoms with Crippen LogP contribution in [-0.2, 0) is 28.2 Å². The second-order valence-corrected chi connectivity index (χ2v) is 12.4. The molecule has 1 fully saturated rings. The summed E-state index contributed by atoms with van der Waals surface area (Å²) in [4.78, 5) is 25.1. The van der Waals surface area contributed by atoms with Gasteiger partial charge in [-0.25, -0.2) is 13.2 Å². The zero-order valence-electron chi connectivity index (χ0n) is 17.7. The van der Waals surface area contributed by atoms with Crippen LogP contribution in [0.3, 0.4) is 0 Å². The maximum absolute atomic E-state index is 12.9. The minimum atomic E-state index is -3.96. The molecule has 1 aromatic rings. The molecule has 0 spiro atoms. The quantitative estimate of drug-likeness (QED) is 0.382. The topological polar surface area (TPSA) is 174 Å². The van der Waals surface area contributed by atoms with E-state index in [4.69, 9.17) is 13.8 Å². The van der Waals surface area contributed by atoms with Gasteiger partial charge >= 0.3 is 13.3 Å². The van der Waals surface area contributed by atoms with E-state index in [2.05, 4.69) is 0 Å². The van der Waals surface area contributed by atoms with Crippen molar-refractivity contribution in [2.24, 2.45) is 0 Å².